The standard InChI is InChI=1S/C5H9FO4S/c6-5(10)3(8)2(1-7)11-4(5)9/h2-4,7-10H,1H2/t2-,3-,4?,5+/m1/s1. The number of hydrogen-bond donors (Lipinski definition) is 4. The molecule has 11 heavy (non-hydrogen) atoms. The van der Waals surface area contributed by atoms with Crippen LogP contribution < -0.4 is 0 Å². The third kappa shape index (κ3) is 1.36. The highest BCUT2D eigenvalue weighted by molar-refractivity contribution is 8.00. The van der Waals surface area contributed by atoms with Crippen LogP contribution >= 0.6 is 11.8 Å². The van der Waals surface area contributed by atoms with Crippen LogP contribution in [0.3, 0.4) is 0 Å². The van der Waals surface area contributed by atoms with Crippen molar-refractivity contribution in [2.75, 3.05) is 6.61 Å². The second kappa shape index (κ2) is 2.87. The van der Waals surface area contributed by atoms with Crippen molar-refractivity contribution in [1.82, 2.24) is 0 Å². The molecular formula is C5H9FO4S. The lowest BCUT2D eigenvalue weighted by molar-refractivity contribution is -0.194. The summed E-state index contributed by atoms with van der Waals surface area (Å²) < 4.78 is 12.8. The molecule has 0 amide bonds. The molecule has 4 N–H and O–H groups in total. The zero-order valence-electron chi connectivity index (χ0n) is 5.51. The molecule has 0 aromatic rings. The van der Waals surface area contributed by atoms with Crippen LogP contribution in [0.15, 0.2) is 0 Å². The summed E-state index contributed by atoms with van der Waals surface area (Å²) in [5.74, 6) is -3.00. The molecule has 1 fully saturated rings. The van der Waals surface area contributed by atoms with E-state index in [0.717, 1.165) is 0 Å². The van der Waals surface area contributed by atoms with Gasteiger partial charge in [-0.25, -0.2) is 4.39 Å². The van der Waals surface area contributed by atoms with Crippen molar-refractivity contribution in [2.45, 2.75) is 22.6 Å². The molecule has 0 bridgehead atoms. The van der Waals surface area contributed by atoms with Crippen LogP contribution in [0.1, 0.15) is 0 Å². The van der Waals surface area contributed by atoms with E-state index in [-0.39, 0.29) is 0 Å². The molecule has 4 atom stereocenters. The molecule has 1 aliphatic heterocycles. The minimum Gasteiger partial charge on any atom is -0.395 e. The maximum atomic E-state index is 12.8. The molecule has 6 heteroatoms. The first kappa shape index (κ1) is 9.21. The van der Waals surface area contributed by atoms with E-state index in [9.17, 15) is 4.39 Å². The van der Waals surface area contributed by atoms with Crippen LogP contribution in [0.2, 0.25) is 0 Å². The molecule has 0 aromatic carbocycles. The van der Waals surface area contributed by atoms with E-state index >= 15 is 0 Å². The average molecular weight is 184 g/mol. The molecule has 0 aromatic heterocycles. The van der Waals surface area contributed by atoms with E-state index < -0.39 is 29.3 Å². The summed E-state index contributed by atoms with van der Waals surface area (Å²) in [5, 5.41) is 34.1. The zero-order valence-corrected chi connectivity index (χ0v) is 6.33. The Hall–Kier alpha value is 0.120. The van der Waals surface area contributed by atoms with Crippen molar-refractivity contribution in [2.24, 2.45) is 0 Å². The Morgan fingerprint density at radius 2 is 2.00 bits per heavy atom. The van der Waals surface area contributed by atoms with Gasteiger partial charge in [-0.1, -0.05) is 0 Å². The molecule has 1 heterocycles. The van der Waals surface area contributed by atoms with Gasteiger partial charge in [0.05, 0.1) is 11.9 Å². The third-order valence-electron chi connectivity index (χ3n) is 1.60. The second-order valence-corrected chi connectivity index (χ2v) is 3.71. The summed E-state index contributed by atoms with van der Waals surface area (Å²) in [6.45, 7) is -0.477. The number of halogens is 1. The SMILES string of the molecule is OC[C@H]1SC(O)[C@](O)(F)[C@@H]1O. The second-order valence-electron chi connectivity index (χ2n) is 2.38. The summed E-state index contributed by atoms with van der Waals surface area (Å²) in [4.78, 5) is 0. The Morgan fingerprint density at radius 3 is 2.18 bits per heavy atom. The predicted octanol–water partition coefficient (Wildman–Crippen LogP) is -1.57. The third-order valence-corrected chi connectivity index (χ3v) is 2.94. The monoisotopic (exact) mass is 184 g/mol. The van der Waals surface area contributed by atoms with Gasteiger partial charge in [0, 0.05) is 0 Å². The van der Waals surface area contributed by atoms with Crippen molar-refractivity contribution < 1.29 is 24.8 Å². The van der Waals surface area contributed by atoms with Gasteiger partial charge >= 0.3 is 0 Å². The van der Waals surface area contributed by atoms with Gasteiger partial charge in [-0.05, 0) is 0 Å². The predicted molar refractivity (Wildman–Crippen MR) is 36.5 cm³/mol. The molecular weight excluding hydrogens is 175 g/mol. The van der Waals surface area contributed by atoms with Crippen LogP contribution in [-0.4, -0.2) is 49.7 Å². The van der Waals surface area contributed by atoms with Crippen LogP contribution in [0.5, 0.6) is 0 Å². The van der Waals surface area contributed by atoms with Crippen molar-refractivity contribution >= 4 is 11.8 Å². The van der Waals surface area contributed by atoms with Crippen molar-refractivity contribution in [3.8, 4) is 0 Å². The lowest BCUT2D eigenvalue weighted by atomic mass is 10.1. The highest BCUT2D eigenvalue weighted by Gasteiger charge is 2.54. The van der Waals surface area contributed by atoms with E-state index in [2.05, 4.69) is 0 Å². The Morgan fingerprint density at radius 1 is 1.45 bits per heavy atom. The molecule has 0 spiro atoms. The minimum absolute atomic E-state index is 0.477. The molecule has 1 saturated heterocycles. The van der Waals surface area contributed by atoms with E-state index in [0.29, 0.717) is 11.8 Å². The normalized spacial score (nSPS) is 51.5. The number of aliphatic hydroxyl groups excluding tert-OH is 3. The van der Waals surface area contributed by atoms with E-state index in [4.69, 9.17) is 20.4 Å². The lowest BCUT2D eigenvalue weighted by Crippen LogP contribution is -2.44. The number of rotatable bonds is 1. The van der Waals surface area contributed by atoms with Gasteiger partial charge in [-0.3, -0.25) is 0 Å². The minimum atomic E-state index is -3.00. The van der Waals surface area contributed by atoms with Crippen molar-refractivity contribution in [3.63, 3.8) is 0 Å². The number of aliphatic hydroxyl groups is 4. The fourth-order valence-corrected chi connectivity index (χ4v) is 1.97. The highest BCUT2D eigenvalue weighted by Crippen LogP contribution is 2.40. The maximum absolute atomic E-state index is 12.8. The number of alkyl halides is 1. The fraction of sp³-hybridized carbons (Fsp3) is 1.00. The van der Waals surface area contributed by atoms with Crippen LogP contribution in [0.25, 0.3) is 0 Å². The first-order valence-corrected chi connectivity index (χ1v) is 3.98. The summed E-state index contributed by atoms with van der Waals surface area (Å²) in [7, 11) is 0. The topological polar surface area (TPSA) is 80.9 Å². The summed E-state index contributed by atoms with van der Waals surface area (Å²) >= 11 is 0.611. The van der Waals surface area contributed by atoms with Gasteiger partial charge in [0.25, 0.3) is 5.85 Å². The maximum Gasteiger partial charge on any atom is 0.269 e. The van der Waals surface area contributed by atoms with E-state index in [1.54, 1.807) is 0 Å². The van der Waals surface area contributed by atoms with Gasteiger partial charge in [0.1, 0.15) is 6.10 Å². The number of hydrogen-bond acceptors (Lipinski definition) is 5. The van der Waals surface area contributed by atoms with Crippen molar-refractivity contribution in [1.29, 1.82) is 0 Å². The van der Waals surface area contributed by atoms with E-state index in [1.165, 1.54) is 0 Å². The fourth-order valence-electron chi connectivity index (χ4n) is 0.885. The molecule has 66 valence electrons. The molecule has 0 aliphatic carbocycles. The largest absolute Gasteiger partial charge is 0.395 e. The van der Waals surface area contributed by atoms with Crippen LogP contribution in [0.4, 0.5) is 4.39 Å². The Balaban J connectivity index is 2.71. The Bertz CT molecular complexity index is 153. The molecule has 0 saturated carbocycles. The van der Waals surface area contributed by atoms with E-state index in [1.807, 2.05) is 0 Å². The van der Waals surface area contributed by atoms with Crippen LogP contribution in [-0.2, 0) is 0 Å². The number of thioether (sulfide) groups is 1. The zero-order chi connectivity index (χ0) is 8.65. The lowest BCUT2D eigenvalue weighted by Gasteiger charge is -2.19. The van der Waals surface area contributed by atoms with Crippen LogP contribution in [0, 0.1) is 0 Å². The summed E-state index contributed by atoms with van der Waals surface area (Å²) in [5.41, 5.74) is -1.69. The quantitative estimate of drug-likeness (QED) is 0.396. The van der Waals surface area contributed by atoms with Gasteiger partial charge < -0.3 is 20.4 Å². The Labute approximate surface area is 66.7 Å². The Kier molecular flexibility index (Phi) is 2.40. The van der Waals surface area contributed by atoms with Gasteiger partial charge in [0.2, 0.25) is 0 Å². The smallest absolute Gasteiger partial charge is 0.269 e. The van der Waals surface area contributed by atoms with Gasteiger partial charge in [-0.2, -0.15) is 0 Å². The first-order chi connectivity index (χ1) is 5.00. The molecule has 4 nitrogen and oxygen atoms in total. The van der Waals surface area contributed by atoms with Gasteiger partial charge in [-0.15, -0.1) is 11.8 Å². The average Bonchev–Trinajstić information content (AvgIpc) is 2.14. The van der Waals surface area contributed by atoms with Gasteiger partial charge in [0.15, 0.2) is 5.44 Å². The molecule has 1 unspecified atom stereocenters. The summed E-state index contributed by atoms with van der Waals surface area (Å²) in [6, 6.07) is 0. The molecule has 1 aliphatic rings. The van der Waals surface area contributed by atoms with Crippen molar-refractivity contribution in [3.05, 3.63) is 0 Å². The highest BCUT2D eigenvalue weighted by atomic mass is 32.2. The first-order valence-electron chi connectivity index (χ1n) is 3.04. The summed E-state index contributed by atoms with van der Waals surface area (Å²) in [6.07, 6.45) is -1.73. The molecule has 0 radical (unpaired) electrons. The molecule has 1 rings (SSSR count).